The summed E-state index contributed by atoms with van der Waals surface area (Å²) in [6, 6.07) is 6.55. The van der Waals surface area contributed by atoms with E-state index in [9.17, 15) is 0 Å². The second-order valence-corrected chi connectivity index (χ2v) is 8.00. The topological polar surface area (TPSA) is 21.3 Å². The molecule has 104 valence electrons. The summed E-state index contributed by atoms with van der Waals surface area (Å²) < 4.78 is 7.25. The Balaban J connectivity index is 1.69. The molecule has 5 heteroatoms. The Morgan fingerprint density at radius 2 is 2.37 bits per heavy atom. The monoisotopic (exact) mass is 409 g/mol. The van der Waals surface area contributed by atoms with Crippen molar-refractivity contribution in [3.8, 4) is 0 Å². The van der Waals surface area contributed by atoms with Crippen molar-refractivity contribution < 1.29 is 4.74 Å². The zero-order valence-electron chi connectivity index (χ0n) is 10.6. The highest BCUT2D eigenvalue weighted by atomic mass is 127. The minimum absolute atomic E-state index is 0.137. The van der Waals surface area contributed by atoms with Crippen LogP contribution in [0.25, 0.3) is 0 Å². The highest BCUT2D eigenvalue weighted by Gasteiger charge is 2.40. The maximum Gasteiger partial charge on any atom is 0.0799 e. The Hall–Kier alpha value is 0.350. The Morgan fingerprint density at radius 1 is 1.47 bits per heavy atom. The van der Waals surface area contributed by atoms with E-state index in [1.807, 2.05) is 23.9 Å². The largest absolute Gasteiger partial charge is 0.381 e. The molecular weight excluding hydrogens is 393 g/mol. The third-order valence-corrected chi connectivity index (χ3v) is 6.20. The first kappa shape index (κ1) is 14.3. The van der Waals surface area contributed by atoms with E-state index in [1.165, 1.54) is 21.4 Å². The van der Waals surface area contributed by atoms with Crippen molar-refractivity contribution in [2.75, 3.05) is 23.4 Å². The van der Waals surface area contributed by atoms with Crippen LogP contribution in [0.2, 0.25) is 5.02 Å². The molecule has 0 radical (unpaired) electrons. The van der Waals surface area contributed by atoms with Gasteiger partial charge in [0.25, 0.3) is 0 Å². The molecule has 19 heavy (non-hydrogen) atoms. The third kappa shape index (κ3) is 3.34. The maximum absolute atomic E-state index is 6.06. The molecule has 1 aromatic carbocycles. The van der Waals surface area contributed by atoms with Gasteiger partial charge in [-0.25, -0.2) is 0 Å². The highest BCUT2D eigenvalue weighted by Crippen LogP contribution is 2.39. The lowest BCUT2D eigenvalue weighted by atomic mass is 9.90. The molecule has 1 spiro atoms. The van der Waals surface area contributed by atoms with Crippen molar-refractivity contribution in [3.63, 3.8) is 0 Å². The van der Waals surface area contributed by atoms with Crippen molar-refractivity contribution in [2.45, 2.75) is 30.9 Å². The molecule has 1 N–H and O–H groups in total. The van der Waals surface area contributed by atoms with E-state index in [0.717, 1.165) is 30.2 Å². The molecule has 0 bridgehead atoms. The van der Waals surface area contributed by atoms with Crippen molar-refractivity contribution >= 4 is 51.6 Å². The Kier molecular flexibility index (Phi) is 4.51. The number of halogens is 2. The number of hydrogen-bond donors (Lipinski definition) is 1. The Labute approximate surface area is 137 Å². The standard InChI is InChI=1S/C14H17ClINOS/c15-10-1-2-13(12(16)7-10)17-11-3-5-18-14(8-11)4-6-19-9-14/h1-2,7,11,17H,3-6,8-9H2. The minimum Gasteiger partial charge on any atom is -0.381 e. The average Bonchev–Trinajstić information content (AvgIpc) is 2.81. The fourth-order valence-electron chi connectivity index (χ4n) is 2.84. The van der Waals surface area contributed by atoms with Crippen LogP contribution in [0.1, 0.15) is 19.3 Å². The van der Waals surface area contributed by atoms with Crippen molar-refractivity contribution in [1.82, 2.24) is 0 Å². The number of anilines is 1. The van der Waals surface area contributed by atoms with Crippen molar-refractivity contribution in [1.29, 1.82) is 0 Å². The summed E-state index contributed by atoms with van der Waals surface area (Å²) >= 11 is 10.4. The van der Waals surface area contributed by atoms with E-state index in [2.05, 4.69) is 34.0 Å². The SMILES string of the molecule is Clc1ccc(NC2CCOC3(CCSC3)C2)c(I)c1. The van der Waals surface area contributed by atoms with Gasteiger partial charge in [0.2, 0.25) is 0 Å². The molecule has 0 amide bonds. The predicted molar refractivity (Wildman–Crippen MR) is 91.4 cm³/mol. The van der Waals surface area contributed by atoms with Crippen LogP contribution in [0.5, 0.6) is 0 Å². The summed E-state index contributed by atoms with van der Waals surface area (Å²) in [7, 11) is 0. The third-order valence-electron chi connectivity index (χ3n) is 3.85. The Bertz CT molecular complexity index is 465. The molecule has 2 nitrogen and oxygen atoms in total. The number of nitrogens with one attached hydrogen (secondary N) is 1. The second-order valence-electron chi connectivity index (χ2n) is 5.29. The van der Waals surface area contributed by atoms with Crippen LogP contribution in [-0.4, -0.2) is 29.8 Å². The molecule has 0 saturated carbocycles. The molecule has 2 aliphatic rings. The zero-order chi connectivity index (χ0) is 13.3. The zero-order valence-corrected chi connectivity index (χ0v) is 14.4. The maximum atomic E-state index is 6.06. The Morgan fingerprint density at radius 3 is 3.11 bits per heavy atom. The van der Waals surface area contributed by atoms with Crippen LogP contribution in [-0.2, 0) is 4.74 Å². The number of thioether (sulfide) groups is 1. The first-order valence-corrected chi connectivity index (χ1v) is 9.21. The van der Waals surface area contributed by atoms with E-state index in [4.69, 9.17) is 16.3 Å². The number of benzene rings is 1. The van der Waals surface area contributed by atoms with Crippen molar-refractivity contribution in [3.05, 3.63) is 26.8 Å². The van der Waals surface area contributed by atoms with Crippen LogP contribution < -0.4 is 5.32 Å². The van der Waals surface area contributed by atoms with Gasteiger partial charge in [-0.3, -0.25) is 0 Å². The highest BCUT2D eigenvalue weighted by molar-refractivity contribution is 14.1. The van der Waals surface area contributed by atoms with Gasteiger partial charge in [-0.15, -0.1) is 0 Å². The van der Waals surface area contributed by atoms with Gasteiger partial charge in [0, 0.05) is 32.7 Å². The molecule has 2 aliphatic heterocycles. The summed E-state index contributed by atoms with van der Waals surface area (Å²) in [4.78, 5) is 0. The molecule has 1 aromatic rings. The predicted octanol–water partition coefficient (Wildman–Crippen LogP) is 4.41. The summed E-state index contributed by atoms with van der Waals surface area (Å²) in [6.07, 6.45) is 3.41. The summed E-state index contributed by atoms with van der Waals surface area (Å²) in [5, 5.41) is 4.47. The van der Waals surface area contributed by atoms with E-state index in [1.54, 1.807) is 0 Å². The van der Waals surface area contributed by atoms with E-state index >= 15 is 0 Å². The fourth-order valence-corrected chi connectivity index (χ4v) is 5.25. The molecule has 0 aromatic heterocycles. The molecule has 0 aliphatic carbocycles. The lowest BCUT2D eigenvalue weighted by Crippen LogP contribution is -2.44. The van der Waals surface area contributed by atoms with Gasteiger partial charge in [-0.2, -0.15) is 11.8 Å². The van der Waals surface area contributed by atoms with Gasteiger partial charge in [0.05, 0.1) is 5.60 Å². The van der Waals surface area contributed by atoms with Crippen molar-refractivity contribution in [2.24, 2.45) is 0 Å². The minimum atomic E-state index is 0.137. The normalized spacial score (nSPS) is 30.7. The number of hydrogen-bond acceptors (Lipinski definition) is 3. The van der Waals surface area contributed by atoms with Gasteiger partial charge in [-0.1, -0.05) is 11.6 Å². The van der Waals surface area contributed by atoms with Crippen LogP contribution in [0.15, 0.2) is 18.2 Å². The number of rotatable bonds is 2. The first-order chi connectivity index (χ1) is 9.17. The number of ether oxygens (including phenoxy) is 1. The van der Waals surface area contributed by atoms with Crippen LogP contribution in [0, 0.1) is 3.57 Å². The summed E-state index contributed by atoms with van der Waals surface area (Å²) in [5.74, 6) is 2.40. The van der Waals surface area contributed by atoms with Gasteiger partial charge in [0.15, 0.2) is 0 Å². The first-order valence-electron chi connectivity index (χ1n) is 6.60. The molecule has 2 heterocycles. The lowest BCUT2D eigenvalue weighted by molar-refractivity contribution is -0.0628. The fraction of sp³-hybridized carbons (Fsp3) is 0.571. The van der Waals surface area contributed by atoms with Gasteiger partial charge >= 0.3 is 0 Å². The molecule has 2 atom stereocenters. The average molecular weight is 410 g/mol. The van der Waals surface area contributed by atoms with E-state index in [-0.39, 0.29) is 5.60 Å². The molecular formula is C14H17ClINOS. The summed E-state index contributed by atoms with van der Waals surface area (Å²) in [6.45, 7) is 0.877. The quantitative estimate of drug-likeness (QED) is 0.731. The summed E-state index contributed by atoms with van der Waals surface area (Å²) in [5.41, 5.74) is 1.33. The van der Waals surface area contributed by atoms with Gasteiger partial charge in [-0.05, 0) is 65.8 Å². The van der Waals surface area contributed by atoms with E-state index < -0.39 is 0 Å². The molecule has 2 fully saturated rings. The molecule has 3 rings (SSSR count). The van der Waals surface area contributed by atoms with Crippen LogP contribution >= 0.6 is 46.0 Å². The molecule has 2 unspecified atom stereocenters. The van der Waals surface area contributed by atoms with Crippen LogP contribution in [0.3, 0.4) is 0 Å². The lowest BCUT2D eigenvalue weighted by Gasteiger charge is -2.38. The van der Waals surface area contributed by atoms with Crippen LogP contribution in [0.4, 0.5) is 5.69 Å². The van der Waals surface area contributed by atoms with Gasteiger partial charge < -0.3 is 10.1 Å². The molecule has 2 saturated heterocycles. The smallest absolute Gasteiger partial charge is 0.0799 e. The van der Waals surface area contributed by atoms with Gasteiger partial charge in [0.1, 0.15) is 0 Å². The second kappa shape index (κ2) is 6.00. The van der Waals surface area contributed by atoms with E-state index in [0.29, 0.717) is 6.04 Å².